The molecule has 0 saturated carbocycles. The fourth-order valence-corrected chi connectivity index (χ4v) is 1.87. The van der Waals surface area contributed by atoms with Crippen LogP contribution < -0.4 is 5.32 Å². The van der Waals surface area contributed by atoms with Gasteiger partial charge in [-0.2, -0.15) is 31.4 Å². The van der Waals surface area contributed by atoms with Crippen molar-refractivity contribution in [3.8, 4) is 5.69 Å². The molecule has 1 aromatic heterocycles. The van der Waals surface area contributed by atoms with E-state index >= 15 is 0 Å². The average Bonchev–Trinajstić information content (AvgIpc) is 2.96. The summed E-state index contributed by atoms with van der Waals surface area (Å²) in [5.41, 5.74) is -0.682. The number of carbonyl (C=O) groups is 1. The molecule has 11 heteroatoms. The lowest BCUT2D eigenvalue weighted by Crippen LogP contribution is -2.24. The van der Waals surface area contributed by atoms with Crippen LogP contribution in [-0.4, -0.2) is 35.1 Å². The summed E-state index contributed by atoms with van der Waals surface area (Å²) in [6.07, 6.45) is -8.13. The predicted molar refractivity (Wildman–Crippen MR) is 74.1 cm³/mol. The second kappa shape index (κ2) is 7.13. The molecule has 0 saturated heterocycles. The third kappa shape index (κ3) is 5.48. The van der Waals surface area contributed by atoms with Gasteiger partial charge in [0.15, 0.2) is 0 Å². The smallest absolute Gasteiger partial charge is 0.362 e. The molecule has 0 aliphatic heterocycles. The van der Waals surface area contributed by atoms with Gasteiger partial charge in [-0.1, -0.05) is 0 Å². The summed E-state index contributed by atoms with van der Waals surface area (Å²) in [5, 5.41) is 5.85. The van der Waals surface area contributed by atoms with Crippen molar-refractivity contribution in [2.24, 2.45) is 0 Å². The number of aromatic nitrogens is 2. The number of rotatable bonds is 5. The SMILES string of the molecule is O=C(COCC(F)(F)F)Nc1ccc(-n2nccc2C(F)(F)F)cc1. The van der Waals surface area contributed by atoms with E-state index in [1.165, 1.54) is 24.3 Å². The van der Waals surface area contributed by atoms with Gasteiger partial charge in [0, 0.05) is 5.69 Å². The normalized spacial score (nSPS) is 12.2. The zero-order valence-corrected chi connectivity index (χ0v) is 12.4. The first kappa shape index (κ1) is 18.8. The van der Waals surface area contributed by atoms with Crippen LogP contribution in [0, 0.1) is 0 Å². The lowest BCUT2D eigenvalue weighted by atomic mass is 10.2. The molecule has 1 N–H and O–H groups in total. The Labute approximate surface area is 137 Å². The number of hydrogen-bond acceptors (Lipinski definition) is 3. The second-order valence-corrected chi connectivity index (χ2v) is 4.83. The molecule has 1 amide bonds. The Balaban J connectivity index is 1.99. The first-order chi connectivity index (χ1) is 11.6. The van der Waals surface area contributed by atoms with Crippen LogP contribution in [0.1, 0.15) is 5.69 Å². The quantitative estimate of drug-likeness (QED) is 0.824. The van der Waals surface area contributed by atoms with Crippen molar-refractivity contribution in [1.82, 2.24) is 9.78 Å². The van der Waals surface area contributed by atoms with Gasteiger partial charge in [-0.05, 0) is 30.3 Å². The summed E-state index contributed by atoms with van der Waals surface area (Å²) < 4.78 is 78.9. The van der Waals surface area contributed by atoms with E-state index in [0.717, 1.165) is 12.3 Å². The standard InChI is InChI=1S/C14H11F6N3O2/c15-13(16,17)8-25-7-12(24)22-9-1-3-10(4-2-9)23-11(5-6-21-23)14(18,19)20/h1-6H,7-8H2,(H,22,24). The highest BCUT2D eigenvalue weighted by molar-refractivity contribution is 5.91. The minimum absolute atomic E-state index is 0.101. The molecular weight excluding hydrogens is 356 g/mol. The number of carbonyl (C=O) groups excluding carboxylic acids is 1. The minimum Gasteiger partial charge on any atom is -0.362 e. The molecular formula is C14H11F6N3O2. The lowest BCUT2D eigenvalue weighted by molar-refractivity contribution is -0.174. The van der Waals surface area contributed by atoms with Crippen molar-refractivity contribution in [3.63, 3.8) is 0 Å². The van der Waals surface area contributed by atoms with Gasteiger partial charge in [0.25, 0.3) is 0 Å². The van der Waals surface area contributed by atoms with Crippen molar-refractivity contribution >= 4 is 11.6 Å². The third-order valence-corrected chi connectivity index (χ3v) is 2.83. The Kier molecular flexibility index (Phi) is 5.36. The summed E-state index contributed by atoms with van der Waals surface area (Å²) in [4.78, 5) is 11.4. The Morgan fingerprint density at radius 2 is 1.72 bits per heavy atom. The van der Waals surface area contributed by atoms with Crippen LogP contribution in [0.25, 0.3) is 5.69 Å². The van der Waals surface area contributed by atoms with Crippen molar-refractivity contribution in [2.75, 3.05) is 18.5 Å². The van der Waals surface area contributed by atoms with E-state index in [9.17, 15) is 31.1 Å². The molecule has 2 aromatic rings. The largest absolute Gasteiger partial charge is 0.433 e. The highest BCUT2D eigenvalue weighted by Gasteiger charge is 2.35. The number of nitrogens with one attached hydrogen (secondary N) is 1. The zero-order valence-electron chi connectivity index (χ0n) is 12.4. The Morgan fingerprint density at radius 1 is 1.08 bits per heavy atom. The van der Waals surface area contributed by atoms with Gasteiger partial charge >= 0.3 is 12.4 Å². The maximum Gasteiger partial charge on any atom is 0.433 e. The molecule has 0 unspecified atom stereocenters. The van der Waals surface area contributed by atoms with E-state index in [1.807, 2.05) is 0 Å². The topological polar surface area (TPSA) is 56.1 Å². The van der Waals surface area contributed by atoms with E-state index in [0.29, 0.717) is 4.68 Å². The number of nitrogens with zero attached hydrogens (tertiary/aromatic N) is 2. The van der Waals surface area contributed by atoms with Gasteiger partial charge in [-0.25, -0.2) is 4.68 Å². The zero-order chi connectivity index (χ0) is 18.7. The molecule has 0 aliphatic rings. The maximum atomic E-state index is 12.8. The molecule has 1 aromatic carbocycles. The Bertz CT molecular complexity index is 721. The highest BCUT2D eigenvalue weighted by Crippen LogP contribution is 2.30. The number of amides is 1. The van der Waals surface area contributed by atoms with Crippen molar-refractivity contribution in [3.05, 3.63) is 42.2 Å². The predicted octanol–water partition coefficient (Wildman–Crippen LogP) is 3.41. The van der Waals surface area contributed by atoms with E-state index in [1.54, 1.807) is 0 Å². The number of halogens is 6. The number of ether oxygens (including phenoxy) is 1. The second-order valence-electron chi connectivity index (χ2n) is 4.83. The monoisotopic (exact) mass is 367 g/mol. The molecule has 1 heterocycles. The molecule has 0 radical (unpaired) electrons. The summed E-state index contributed by atoms with van der Waals surface area (Å²) in [6, 6.07) is 5.94. The number of hydrogen-bond donors (Lipinski definition) is 1. The van der Waals surface area contributed by atoms with Crippen molar-refractivity contribution < 1.29 is 35.9 Å². The van der Waals surface area contributed by atoms with Gasteiger partial charge in [-0.3, -0.25) is 4.79 Å². The first-order valence-corrected chi connectivity index (χ1v) is 6.72. The van der Waals surface area contributed by atoms with Crippen molar-refractivity contribution in [2.45, 2.75) is 12.4 Å². The van der Waals surface area contributed by atoms with E-state index in [-0.39, 0.29) is 11.4 Å². The fraction of sp³-hybridized carbons (Fsp3) is 0.286. The maximum absolute atomic E-state index is 12.8. The van der Waals surface area contributed by atoms with Crippen LogP contribution >= 0.6 is 0 Å². The van der Waals surface area contributed by atoms with Gasteiger partial charge < -0.3 is 10.1 Å². The molecule has 136 valence electrons. The molecule has 0 aliphatic carbocycles. The Morgan fingerprint density at radius 3 is 2.28 bits per heavy atom. The molecule has 0 bridgehead atoms. The third-order valence-electron chi connectivity index (χ3n) is 2.83. The van der Waals surface area contributed by atoms with Crippen LogP contribution in [0.5, 0.6) is 0 Å². The van der Waals surface area contributed by atoms with Crippen LogP contribution in [-0.2, 0) is 15.7 Å². The van der Waals surface area contributed by atoms with Gasteiger partial charge in [0.05, 0.1) is 11.9 Å². The van der Waals surface area contributed by atoms with Crippen LogP contribution in [0.2, 0.25) is 0 Å². The van der Waals surface area contributed by atoms with Gasteiger partial charge in [0.2, 0.25) is 5.91 Å². The fourth-order valence-electron chi connectivity index (χ4n) is 1.87. The molecule has 0 spiro atoms. The molecule has 5 nitrogen and oxygen atoms in total. The summed E-state index contributed by atoms with van der Waals surface area (Å²) in [5.74, 6) is -0.827. The average molecular weight is 367 g/mol. The van der Waals surface area contributed by atoms with Crippen LogP contribution in [0.4, 0.5) is 32.0 Å². The van der Waals surface area contributed by atoms with E-state index in [2.05, 4.69) is 15.2 Å². The first-order valence-electron chi connectivity index (χ1n) is 6.72. The van der Waals surface area contributed by atoms with Crippen molar-refractivity contribution in [1.29, 1.82) is 0 Å². The highest BCUT2D eigenvalue weighted by atomic mass is 19.4. The molecule has 0 fully saturated rings. The van der Waals surface area contributed by atoms with E-state index < -0.39 is 37.2 Å². The Hall–Kier alpha value is -2.56. The molecule has 25 heavy (non-hydrogen) atoms. The van der Waals surface area contributed by atoms with Gasteiger partial charge in [0.1, 0.15) is 18.9 Å². The summed E-state index contributed by atoms with van der Waals surface area (Å²) in [6.45, 7) is -2.36. The summed E-state index contributed by atoms with van der Waals surface area (Å²) >= 11 is 0. The van der Waals surface area contributed by atoms with Gasteiger partial charge in [-0.15, -0.1) is 0 Å². The molecule has 2 rings (SSSR count). The van der Waals surface area contributed by atoms with Crippen LogP contribution in [0.15, 0.2) is 36.5 Å². The number of anilines is 1. The minimum atomic E-state index is -4.58. The number of benzene rings is 1. The molecule has 0 atom stereocenters. The summed E-state index contributed by atoms with van der Waals surface area (Å²) in [7, 11) is 0. The van der Waals surface area contributed by atoms with Crippen LogP contribution in [0.3, 0.4) is 0 Å². The lowest BCUT2D eigenvalue weighted by Gasteiger charge is -2.11. The van der Waals surface area contributed by atoms with E-state index in [4.69, 9.17) is 0 Å². The number of alkyl halides is 6.